The topological polar surface area (TPSA) is 165 Å². The van der Waals surface area contributed by atoms with Gasteiger partial charge in [-0.3, -0.25) is 24.0 Å². The van der Waals surface area contributed by atoms with Crippen molar-refractivity contribution in [2.45, 2.75) is 103 Å². The van der Waals surface area contributed by atoms with Crippen molar-refractivity contribution in [1.82, 2.24) is 35.0 Å². The van der Waals surface area contributed by atoms with Crippen molar-refractivity contribution in [3.05, 3.63) is 87.4 Å². The summed E-state index contributed by atoms with van der Waals surface area (Å²) in [7, 11) is 3.18. The third-order valence-electron chi connectivity index (χ3n) is 13.3. The molecule has 2 unspecified atom stereocenters. The van der Waals surface area contributed by atoms with Gasteiger partial charge in [-0.2, -0.15) is 0 Å². The highest BCUT2D eigenvalue weighted by Crippen LogP contribution is 2.48. The molecule has 17 heteroatoms. The third kappa shape index (κ3) is 10.1. The first kappa shape index (κ1) is 48.4. The van der Waals surface area contributed by atoms with E-state index in [1.807, 2.05) is 57.1 Å². The standard InChI is InChI=1S/C49H59FN8O5S.C2H4O2/c1-28-20-42(64-29(28)2)47-58-38-13-12-31(37-27-54-45(55-37)39-11-9-17-57(39)48(60)63-49(3,4)5)21-33(38)23-40(58)43-35(50)22-32(24-41(43)62-47)36(26-51-6)53-25-34-10-8-16-56(34)46(59)44(52-7)30-14-18-61-19-15-30;1-4-2-3/h12-13,20-24,26-27,30,34,39,44,47,52-53H,6,8-11,14-19,25H2,1-5,7H3,(H,54,55);2H,1H3/b36-26-;/t34-,39-,44?,47?;/m0./s1. The number of aromatic amines is 1. The predicted molar refractivity (Wildman–Crippen MR) is 262 cm³/mol. The van der Waals surface area contributed by atoms with E-state index in [0.717, 1.165) is 77.0 Å². The fourth-order valence-corrected chi connectivity index (χ4v) is 11.0. The second-order valence-corrected chi connectivity index (χ2v) is 20.1. The summed E-state index contributed by atoms with van der Waals surface area (Å²) in [5.41, 5.74) is 5.45. The maximum Gasteiger partial charge on any atom is 0.410 e. The van der Waals surface area contributed by atoms with Crippen LogP contribution in [0.2, 0.25) is 0 Å². The molecule has 15 nitrogen and oxygen atoms in total. The molecule has 0 bridgehead atoms. The van der Waals surface area contributed by atoms with Crippen LogP contribution < -0.4 is 15.4 Å². The van der Waals surface area contributed by atoms with E-state index >= 15 is 4.39 Å². The Hall–Kier alpha value is -6.04. The first-order chi connectivity index (χ1) is 32.7. The van der Waals surface area contributed by atoms with Crippen LogP contribution >= 0.6 is 11.3 Å². The fraction of sp³-hybridized carbons (Fsp3) is 0.471. The molecule has 4 atom stereocenters. The zero-order chi connectivity index (χ0) is 48.3. The monoisotopic (exact) mass is 950 g/mol. The summed E-state index contributed by atoms with van der Waals surface area (Å²) in [6, 6.07) is 13.3. The highest BCUT2D eigenvalue weighted by Gasteiger charge is 2.38. The van der Waals surface area contributed by atoms with Gasteiger partial charge in [-0.25, -0.2) is 14.2 Å². The summed E-state index contributed by atoms with van der Waals surface area (Å²) in [6.45, 7) is 17.0. The van der Waals surface area contributed by atoms with Crippen LogP contribution in [0.15, 0.2) is 59.9 Å². The van der Waals surface area contributed by atoms with E-state index < -0.39 is 17.6 Å². The third-order valence-corrected chi connectivity index (χ3v) is 14.5. The molecule has 0 radical (unpaired) electrons. The highest BCUT2D eigenvalue weighted by molar-refractivity contribution is 7.12. The Bertz CT molecular complexity index is 2660. The van der Waals surface area contributed by atoms with Gasteiger partial charge in [0.25, 0.3) is 6.47 Å². The molecule has 362 valence electrons. The number of hydrogen-bond donors (Lipinski definition) is 3. The highest BCUT2D eigenvalue weighted by atomic mass is 32.1. The van der Waals surface area contributed by atoms with Crippen LogP contribution in [-0.4, -0.2) is 114 Å². The molecular formula is C51H63FN8O7S. The number of ether oxygens (including phenoxy) is 4. The van der Waals surface area contributed by atoms with Crippen molar-refractivity contribution >= 4 is 53.1 Å². The lowest BCUT2D eigenvalue weighted by Crippen LogP contribution is -2.53. The quantitative estimate of drug-likeness (QED) is 0.0813. The van der Waals surface area contributed by atoms with Gasteiger partial charge < -0.3 is 39.5 Å². The average molecular weight is 951 g/mol. The Morgan fingerprint density at radius 3 is 2.51 bits per heavy atom. The number of carbonyl (C=O) groups excluding carboxylic acids is 3. The smallest absolute Gasteiger partial charge is 0.410 e. The van der Waals surface area contributed by atoms with E-state index in [1.165, 1.54) is 18.1 Å². The van der Waals surface area contributed by atoms with Crippen molar-refractivity contribution in [2.24, 2.45) is 10.9 Å². The number of H-pyrrole nitrogens is 1. The van der Waals surface area contributed by atoms with Crippen molar-refractivity contribution in [3.8, 4) is 28.3 Å². The summed E-state index contributed by atoms with van der Waals surface area (Å²) < 4.78 is 41.0. The van der Waals surface area contributed by atoms with E-state index in [0.29, 0.717) is 67.6 Å². The molecule has 9 rings (SSSR count). The minimum atomic E-state index is -0.593. The molecule has 7 heterocycles. The number of nitrogens with zero attached hydrogens (tertiary/aromatic N) is 5. The molecule has 4 aliphatic rings. The van der Waals surface area contributed by atoms with Gasteiger partial charge in [0.15, 0.2) is 0 Å². The van der Waals surface area contributed by atoms with Crippen molar-refractivity contribution < 1.29 is 37.7 Å². The molecule has 3 fully saturated rings. The number of aromatic nitrogens is 3. The van der Waals surface area contributed by atoms with Gasteiger partial charge >= 0.3 is 6.09 Å². The Morgan fingerprint density at radius 2 is 1.82 bits per heavy atom. The normalized spacial score (nSPS) is 19.9. The fourth-order valence-electron chi connectivity index (χ4n) is 9.92. The summed E-state index contributed by atoms with van der Waals surface area (Å²) in [5, 5.41) is 7.74. The number of imidazole rings is 1. The maximum absolute atomic E-state index is 16.9. The van der Waals surface area contributed by atoms with Gasteiger partial charge in [0.05, 0.1) is 58.4 Å². The Balaban J connectivity index is 0.00000150. The summed E-state index contributed by atoms with van der Waals surface area (Å²) in [6.07, 6.45) is 7.68. The lowest BCUT2D eigenvalue weighted by atomic mass is 9.90. The van der Waals surface area contributed by atoms with Gasteiger partial charge in [0.2, 0.25) is 12.1 Å². The van der Waals surface area contributed by atoms with Crippen LogP contribution in [0.3, 0.4) is 0 Å². The minimum absolute atomic E-state index is 0.0339. The second-order valence-electron chi connectivity index (χ2n) is 18.9. The van der Waals surface area contributed by atoms with Gasteiger partial charge in [0, 0.05) is 66.5 Å². The van der Waals surface area contributed by atoms with Crippen LogP contribution in [0.5, 0.6) is 5.75 Å². The molecule has 68 heavy (non-hydrogen) atoms. The summed E-state index contributed by atoms with van der Waals surface area (Å²) in [4.78, 5) is 54.3. The first-order valence-corrected chi connectivity index (χ1v) is 24.2. The molecule has 2 aromatic carbocycles. The molecular weight excluding hydrogens is 888 g/mol. The number of likely N-dealkylation sites (N-methyl/N-ethyl adjacent to an activating group) is 1. The number of nitrogens with one attached hydrogen (secondary N) is 3. The van der Waals surface area contributed by atoms with Crippen LogP contribution in [-0.2, 0) is 23.8 Å². The van der Waals surface area contributed by atoms with Gasteiger partial charge in [0.1, 0.15) is 23.0 Å². The number of fused-ring (bicyclic) bond motifs is 5. The molecule has 4 aliphatic heterocycles. The Morgan fingerprint density at radius 1 is 1.07 bits per heavy atom. The largest absolute Gasteiger partial charge is 0.471 e. The number of halogens is 1. The van der Waals surface area contributed by atoms with Gasteiger partial charge in [-0.05, 0) is 135 Å². The summed E-state index contributed by atoms with van der Waals surface area (Å²) in [5.74, 6) is 1.07. The number of thiophene rings is 1. The first-order valence-electron chi connectivity index (χ1n) is 23.4. The van der Waals surface area contributed by atoms with Crippen LogP contribution in [0, 0.1) is 25.6 Å². The van der Waals surface area contributed by atoms with Crippen molar-refractivity contribution in [3.63, 3.8) is 0 Å². The molecule has 3 aromatic heterocycles. The van der Waals surface area contributed by atoms with Crippen molar-refractivity contribution in [1.29, 1.82) is 0 Å². The number of carbonyl (C=O) groups is 3. The van der Waals surface area contributed by atoms with Crippen LogP contribution in [0.25, 0.3) is 39.1 Å². The van der Waals surface area contributed by atoms with Crippen molar-refractivity contribution in [2.75, 3.05) is 47.0 Å². The van der Waals surface area contributed by atoms with Crippen LogP contribution in [0.4, 0.5) is 9.18 Å². The van der Waals surface area contributed by atoms with E-state index in [4.69, 9.17) is 24.0 Å². The van der Waals surface area contributed by atoms with Gasteiger partial charge in [-0.1, -0.05) is 6.07 Å². The predicted octanol–water partition coefficient (Wildman–Crippen LogP) is 8.91. The Labute approximate surface area is 401 Å². The van der Waals surface area contributed by atoms with E-state index in [1.54, 1.807) is 22.4 Å². The van der Waals surface area contributed by atoms with E-state index in [9.17, 15) is 9.59 Å². The van der Waals surface area contributed by atoms with E-state index in [2.05, 4.69) is 68.7 Å². The molecule has 2 amide bonds. The Kier molecular flexibility index (Phi) is 14.7. The van der Waals surface area contributed by atoms with Crippen LogP contribution in [0.1, 0.15) is 98.3 Å². The molecule has 3 saturated heterocycles. The number of rotatable bonds is 12. The zero-order valence-corrected chi connectivity index (χ0v) is 40.8. The molecule has 3 N–H and O–H groups in total. The molecule has 0 spiro atoms. The lowest BCUT2D eigenvalue weighted by Gasteiger charge is -2.34. The van der Waals surface area contributed by atoms with E-state index in [-0.39, 0.29) is 36.0 Å². The number of aryl methyl sites for hydroxylation is 2. The second kappa shape index (κ2) is 20.7. The number of methoxy groups -OCH3 is 1. The molecule has 0 aliphatic carbocycles. The minimum Gasteiger partial charge on any atom is -0.471 e. The number of benzene rings is 2. The molecule has 5 aromatic rings. The van der Waals surface area contributed by atoms with Gasteiger partial charge in [-0.15, -0.1) is 11.3 Å². The summed E-state index contributed by atoms with van der Waals surface area (Å²) >= 11 is 1.67. The lowest BCUT2D eigenvalue weighted by molar-refractivity contribution is -0.136. The number of likely N-dealkylation sites (tertiary alicyclic amines) is 2. The SMILES string of the molecule is C=N/C=C(\NC[C@@H]1CCCN1C(=O)C(NC)C1CCOCC1)c1cc(F)c2c(c1)OC(c1cc(C)c(C)s1)n1c-2cc2cc(-c3cnc([C@@H]4CCCN4C(=O)OC(C)(C)C)[nH]3)ccc21.COC=O. The maximum atomic E-state index is 16.9. The number of hydrogen-bond acceptors (Lipinski definition) is 12. The average Bonchev–Trinajstić information content (AvgIpc) is 4.18. The zero-order valence-electron chi connectivity index (χ0n) is 40.0. The molecule has 0 saturated carbocycles. The number of aliphatic imine (C=N–C) groups is 1. The number of amides is 2.